The summed E-state index contributed by atoms with van der Waals surface area (Å²) in [5.41, 5.74) is 5.97. The maximum atomic E-state index is 13.7. The molecular weight excluding hydrogens is 774 g/mol. The van der Waals surface area contributed by atoms with E-state index in [0.29, 0.717) is 24.7 Å². The van der Waals surface area contributed by atoms with Crippen molar-refractivity contribution in [1.29, 1.82) is 0 Å². The molecule has 4 heterocycles. The second-order valence-corrected chi connectivity index (χ2v) is 16.4. The molecule has 314 valence electrons. The molecule has 2 aromatic carbocycles. The molecule has 2 amide bonds. The minimum Gasteiger partial charge on any atom is -0.469 e. The Morgan fingerprint density at radius 1 is 0.933 bits per heavy atom. The number of pyridine rings is 1. The first kappa shape index (κ1) is 41.1. The van der Waals surface area contributed by atoms with Crippen molar-refractivity contribution < 1.29 is 37.0 Å². The van der Waals surface area contributed by atoms with E-state index in [1.54, 1.807) is 18.0 Å². The van der Waals surface area contributed by atoms with Crippen LogP contribution in [0, 0.1) is 29.6 Å². The lowest BCUT2D eigenvalue weighted by molar-refractivity contribution is -0.151. The van der Waals surface area contributed by atoms with Gasteiger partial charge in [-0.15, -0.1) is 0 Å². The third kappa shape index (κ3) is 8.26. The average molecular weight is 823 g/mol. The maximum absolute atomic E-state index is 13.7. The summed E-state index contributed by atoms with van der Waals surface area (Å²) in [5, 5.41) is 2.82. The first-order chi connectivity index (χ1) is 28.9. The largest absolute Gasteiger partial charge is 0.469 e. The lowest BCUT2D eigenvalue weighted by Crippen LogP contribution is -2.41. The summed E-state index contributed by atoms with van der Waals surface area (Å²) in [6.45, 7) is 2.13. The highest BCUT2D eigenvalue weighted by Crippen LogP contribution is 2.54. The molecule has 1 saturated heterocycles. The van der Waals surface area contributed by atoms with Gasteiger partial charge in [0.15, 0.2) is 0 Å². The van der Waals surface area contributed by atoms with Crippen molar-refractivity contribution in [3.63, 3.8) is 0 Å². The standard InChI is InChI=1S/C46H49F3N6O5/c1-26(59-2)35(22-39(56)60-3)45(58)55-19-5-7-38(55)43-52-25-37(54-43)30-14-12-28(13-15-30)27-8-10-29(11-9-27)34-21-36(51-24-34)40-31-16-17-32(20-31)41(40)44(57)53-23-33-6-4-18-50-42(33)46(47,48)49/h4,6,8-15,18,24-26,31-32,35,38,40-41H,5,7,16-17,19-23H2,1-3H3,(H,52,54)(H,53,57)/t26-,31?,32?,35+,38+,40-,41+/m1/s1. The molecule has 14 heteroatoms. The van der Waals surface area contributed by atoms with Crippen LogP contribution in [0.4, 0.5) is 13.2 Å². The van der Waals surface area contributed by atoms with Gasteiger partial charge >= 0.3 is 12.1 Å². The van der Waals surface area contributed by atoms with Crippen LogP contribution in [0.3, 0.4) is 0 Å². The highest BCUT2D eigenvalue weighted by Gasteiger charge is 2.53. The first-order valence-corrected chi connectivity index (χ1v) is 20.6. The number of benzene rings is 2. The van der Waals surface area contributed by atoms with Gasteiger partial charge in [0.2, 0.25) is 11.8 Å². The summed E-state index contributed by atoms with van der Waals surface area (Å²) in [6.07, 6.45) is 4.80. The van der Waals surface area contributed by atoms with E-state index in [1.807, 2.05) is 18.3 Å². The molecule has 2 N–H and O–H groups in total. The molecule has 3 fully saturated rings. The van der Waals surface area contributed by atoms with E-state index in [1.165, 1.54) is 26.4 Å². The second kappa shape index (κ2) is 17.2. The van der Waals surface area contributed by atoms with Gasteiger partial charge in [0, 0.05) is 62.1 Å². The Balaban J connectivity index is 0.888. The van der Waals surface area contributed by atoms with Crippen LogP contribution < -0.4 is 5.32 Å². The van der Waals surface area contributed by atoms with Crippen LogP contribution in [-0.2, 0) is 36.6 Å². The zero-order chi connectivity index (χ0) is 42.1. The monoisotopic (exact) mass is 822 g/mol. The van der Waals surface area contributed by atoms with Gasteiger partial charge in [-0.1, -0.05) is 54.6 Å². The molecule has 0 radical (unpaired) electrons. The molecule has 11 nitrogen and oxygen atoms in total. The third-order valence-electron chi connectivity index (χ3n) is 13.1. The minimum absolute atomic E-state index is 0.0353. The van der Waals surface area contributed by atoms with Crippen molar-refractivity contribution in [2.45, 2.75) is 76.7 Å². The number of nitrogens with one attached hydrogen (secondary N) is 2. The van der Waals surface area contributed by atoms with Crippen molar-refractivity contribution in [3.05, 3.63) is 102 Å². The number of hydrogen-bond acceptors (Lipinski definition) is 8. The smallest absolute Gasteiger partial charge is 0.433 e. The van der Waals surface area contributed by atoms with E-state index >= 15 is 0 Å². The quantitative estimate of drug-likeness (QED) is 0.130. The number of alkyl halides is 3. The van der Waals surface area contributed by atoms with E-state index in [-0.39, 0.29) is 54.1 Å². The number of allylic oxidation sites excluding steroid dienone is 1. The van der Waals surface area contributed by atoms with Crippen molar-refractivity contribution in [2.75, 3.05) is 20.8 Å². The third-order valence-corrected chi connectivity index (χ3v) is 13.1. The molecule has 4 aromatic rings. The van der Waals surface area contributed by atoms with Gasteiger partial charge in [-0.2, -0.15) is 13.2 Å². The van der Waals surface area contributed by atoms with E-state index < -0.39 is 29.9 Å². The number of amides is 2. The zero-order valence-corrected chi connectivity index (χ0v) is 33.9. The molecule has 2 bridgehead atoms. The number of carbonyl (C=O) groups excluding carboxylic acids is 3. The lowest BCUT2D eigenvalue weighted by atomic mass is 9.75. The molecule has 7 atom stereocenters. The highest BCUT2D eigenvalue weighted by atomic mass is 19.4. The van der Waals surface area contributed by atoms with Gasteiger partial charge in [0.05, 0.1) is 43.5 Å². The number of hydrogen-bond donors (Lipinski definition) is 2. The molecule has 2 aromatic heterocycles. The summed E-state index contributed by atoms with van der Waals surface area (Å²) >= 11 is 0. The van der Waals surface area contributed by atoms with Crippen molar-refractivity contribution >= 4 is 29.1 Å². The number of ether oxygens (including phenoxy) is 2. The number of carbonyl (C=O) groups is 3. The fourth-order valence-electron chi connectivity index (χ4n) is 9.89. The van der Waals surface area contributed by atoms with Gasteiger partial charge in [-0.05, 0) is 84.8 Å². The van der Waals surface area contributed by atoms with Crippen LogP contribution in [0.1, 0.15) is 80.6 Å². The Hall–Kier alpha value is -5.63. The molecule has 60 heavy (non-hydrogen) atoms. The molecule has 2 unspecified atom stereocenters. The molecule has 2 aliphatic carbocycles. The van der Waals surface area contributed by atoms with Gasteiger partial charge < -0.3 is 24.7 Å². The number of aromatic nitrogens is 3. The molecule has 8 rings (SSSR count). The topological polar surface area (TPSA) is 139 Å². The van der Waals surface area contributed by atoms with E-state index in [2.05, 4.69) is 56.7 Å². The molecule has 4 aliphatic rings. The Labute approximate surface area is 346 Å². The van der Waals surface area contributed by atoms with Gasteiger partial charge in [0.1, 0.15) is 11.5 Å². The SMILES string of the molecule is COC(=O)C[C@H](C(=O)N1CCC[C@H]1c1ncc(-c2ccc(-c3ccc(C4=CN=C([C@H]5C6CCC(C6)[C@@H]5C(=O)NCc5cccnc5C(F)(F)F)C4)cc3)cc2)[nH]1)[C@@H](C)OC. The van der Waals surface area contributed by atoms with E-state index in [9.17, 15) is 27.6 Å². The fourth-order valence-corrected chi connectivity index (χ4v) is 9.89. The number of rotatable bonds is 13. The number of aromatic amines is 1. The van der Waals surface area contributed by atoms with Crippen LogP contribution in [0.25, 0.3) is 28.0 Å². The molecule has 2 saturated carbocycles. The summed E-state index contributed by atoms with van der Waals surface area (Å²) in [5.74, 6) is -0.588. The lowest BCUT2D eigenvalue weighted by Gasteiger charge is -2.30. The summed E-state index contributed by atoms with van der Waals surface area (Å²) in [4.78, 5) is 57.7. The predicted octanol–water partition coefficient (Wildman–Crippen LogP) is 8.20. The van der Waals surface area contributed by atoms with Crippen molar-refractivity contribution in [2.24, 2.45) is 34.6 Å². The number of methoxy groups -OCH3 is 2. The van der Waals surface area contributed by atoms with Crippen LogP contribution >= 0.6 is 0 Å². The maximum Gasteiger partial charge on any atom is 0.433 e. The van der Waals surface area contributed by atoms with Gasteiger partial charge in [-0.3, -0.25) is 24.4 Å². The van der Waals surface area contributed by atoms with E-state index in [0.717, 1.165) is 77.5 Å². The zero-order valence-electron chi connectivity index (χ0n) is 33.9. The summed E-state index contributed by atoms with van der Waals surface area (Å²) in [7, 11) is 2.84. The average Bonchev–Trinajstić information content (AvgIpc) is 4.13. The first-order valence-electron chi connectivity index (χ1n) is 20.6. The number of likely N-dealkylation sites (tertiary alicyclic amines) is 1. The molecular formula is C46H49F3N6O5. The Bertz CT molecular complexity index is 2290. The second-order valence-electron chi connectivity index (χ2n) is 16.4. The van der Waals surface area contributed by atoms with Gasteiger partial charge in [0.25, 0.3) is 0 Å². The predicted molar refractivity (Wildman–Crippen MR) is 219 cm³/mol. The fraction of sp³-hybridized carbons (Fsp3) is 0.435. The number of aliphatic imine (C=N–C) groups is 1. The highest BCUT2D eigenvalue weighted by molar-refractivity contribution is 6.02. The van der Waals surface area contributed by atoms with Crippen molar-refractivity contribution in [1.82, 2.24) is 25.2 Å². The van der Waals surface area contributed by atoms with Crippen LogP contribution in [0.2, 0.25) is 0 Å². The number of H-pyrrole nitrogens is 1. The van der Waals surface area contributed by atoms with Crippen LogP contribution in [-0.4, -0.2) is 70.2 Å². The summed E-state index contributed by atoms with van der Waals surface area (Å²) in [6, 6.07) is 19.1. The number of nitrogens with zero attached hydrogens (tertiary/aromatic N) is 4. The normalized spacial score (nSPS) is 23.3. The van der Waals surface area contributed by atoms with Gasteiger partial charge in [-0.25, -0.2) is 4.98 Å². The minimum atomic E-state index is -4.60. The summed E-state index contributed by atoms with van der Waals surface area (Å²) < 4.78 is 50.9. The number of imidazole rings is 1. The molecule has 0 spiro atoms. The number of fused-ring (bicyclic) bond motifs is 2. The Kier molecular flexibility index (Phi) is 11.8. The van der Waals surface area contributed by atoms with E-state index in [4.69, 9.17) is 14.5 Å². The van der Waals surface area contributed by atoms with Crippen molar-refractivity contribution in [3.8, 4) is 22.4 Å². The number of esters is 1. The Morgan fingerprint density at radius 3 is 2.33 bits per heavy atom. The van der Waals surface area contributed by atoms with Crippen LogP contribution in [0.15, 0.2) is 84.2 Å². The Morgan fingerprint density at radius 2 is 1.63 bits per heavy atom. The molecule has 2 aliphatic heterocycles. The number of halogens is 3. The van der Waals surface area contributed by atoms with Crippen LogP contribution in [0.5, 0.6) is 0 Å².